The van der Waals surface area contributed by atoms with Gasteiger partial charge in [-0.3, -0.25) is 24.2 Å². The van der Waals surface area contributed by atoms with Crippen molar-refractivity contribution in [2.75, 3.05) is 26.2 Å². The van der Waals surface area contributed by atoms with Crippen molar-refractivity contribution < 1.29 is 9.18 Å². The van der Waals surface area contributed by atoms with E-state index in [2.05, 4.69) is 33.7 Å². The Morgan fingerprint density at radius 1 is 0.938 bits per heavy atom. The maximum atomic E-state index is 13.6. The number of aromatic nitrogens is 5. The van der Waals surface area contributed by atoms with E-state index in [-0.39, 0.29) is 11.4 Å². The second kappa shape index (κ2) is 16.8. The first-order chi connectivity index (χ1) is 23.3. The third kappa shape index (κ3) is 9.25. The number of thioether (sulfide) groups is 1. The highest BCUT2D eigenvalue weighted by Gasteiger charge is 2.25. The lowest BCUT2D eigenvalue weighted by Crippen LogP contribution is -2.41. The molecule has 0 fully saturated rings. The van der Waals surface area contributed by atoms with Gasteiger partial charge in [-0.25, -0.2) is 4.39 Å². The predicted molar refractivity (Wildman–Crippen MR) is 188 cm³/mol. The predicted octanol–water partition coefficient (Wildman–Crippen LogP) is 6.26. The molecular weight excluding hydrogens is 649 g/mol. The van der Waals surface area contributed by atoms with Crippen LogP contribution in [0.2, 0.25) is 5.02 Å². The largest absolute Gasteiger partial charge is 0.304 e. The van der Waals surface area contributed by atoms with Gasteiger partial charge in [0.15, 0.2) is 11.4 Å². The molecule has 0 N–H and O–H groups in total. The number of pyridine rings is 1. The molecule has 1 unspecified atom stereocenters. The minimum Gasteiger partial charge on any atom is -0.304 e. The van der Waals surface area contributed by atoms with Crippen LogP contribution in [0.4, 0.5) is 4.39 Å². The van der Waals surface area contributed by atoms with Crippen LogP contribution in [-0.2, 0) is 30.6 Å². The van der Waals surface area contributed by atoms with Gasteiger partial charge in [0.2, 0.25) is 0 Å². The lowest BCUT2D eigenvalue weighted by atomic mass is 10.1. The number of carbonyl (C=O) groups excluding carboxylic acids is 1. The molecular formula is C36H39ClFN7O2S. The second-order valence-electron chi connectivity index (χ2n) is 11.5. The van der Waals surface area contributed by atoms with Gasteiger partial charge in [-0.15, -0.1) is 0 Å². The van der Waals surface area contributed by atoms with Crippen LogP contribution in [0.15, 0.2) is 95.4 Å². The quantitative estimate of drug-likeness (QED) is 0.0683. The maximum absolute atomic E-state index is 13.6. The molecule has 3 aromatic heterocycles. The lowest BCUT2D eigenvalue weighted by Gasteiger charge is -2.32. The number of halogens is 2. The van der Waals surface area contributed by atoms with E-state index >= 15 is 0 Å². The Labute approximate surface area is 289 Å². The lowest BCUT2D eigenvalue weighted by molar-refractivity contribution is -0.116. The average Bonchev–Trinajstić information content (AvgIpc) is 3.51. The molecule has 0 aliphatic heterocycles. The fourth-order valence-corrected chi connectivity index (χ4v) is 6.48. The van der Waals surface area contributed by atoms with E-state index in [0.29, 0.717) is 41.0 Å². The molecule has 2 aromatic carbocycles. The maximum Gasteiger partial charge on any atom is 0.277 e. The van der Waals surface area contributed by atoms with Crippen LogP contribution < -0.4 is 5.56 Å². The van der Waals surface area contributed by atoms with E-state index < -0.39 is 6.17 Å². The first kappa shape index (κ1) is 35.2. The summed E-state index contributed by atoms with van der Waals surface area (Å²) in [6.45, 7) is 7.66. The molecule has 0 aliphatic rings. The Kier molecular flexibility index (Phi) is 12.3. The summed E-state index contributed by atoms with van der Waals surface area (Å²) < 4.78 is 17.1. The summed E-state index contributed by atoms with van der Waals surface area (Å²) in [5.41, 5.74) is 4.58. The van der Waals surface area contributed by atoms with Gasteiger partial charge in [0.1, 0.15) is 12.0 Å². The van der Waals surface area contributed by atoms with E-state index in [0.717, 1.165) is 53.9 Å². The van der Waals surface area contributed by atoms with E-state index in [1.54, 1.807) is 33.8 Å². The molecule has 12 heteroatoms. The zero-order chi connectivity index (χ0) is 34.0. The van der Waals surface area contributed by atoms with Gasteiger partial charge < -0.3 is 9.47 Å². The molecule has 0 radical (unpaired) electrons. The van der Waals surface area contributed by atoms with Crippen molar-refractivity contribution in [3.05, 3.63) is 129 Å². The van der Waals surface area contributed by atoms with Crippen molar-refractivity contribution in [2.45, 2.75) is 43.9 Å². The smallest absolute Gasteiger partial charge is 0.277 e. The van der Waals surface area contributed by atoms with Crippen molar-refractivity contribution in [1.82, 2.24) is 34.1 Å². The number of rotatable bonds is 16. The molecule has 0 aliphatic carbocycles. The molecule has 0 bridgehead atoms. The van der Waals surface area contributed by atoms with Crippen LogP contribution >= 0.6 is 23.4 Å². The SMILES string of the molecule is CCN(CC)CCN(Cc1ccc(-c2ccc(Cl)cc2)cn1)C(C=O)n1cc(Cc2cnn(C)c2)c(=O)nc1SCc1ccc(F)cc1. The van der Waals surface area contributed by atoms with Crippen LogP contribution in [0.5, 0.6) is 0 Å². The zero-order valence-corrected chi connectivity index (χ0v) is 28.9. The molecule has 5 aromatic rings. The highest BCUT2D eigenvalue weighted by atomic mass is 35.5. The Morgan fingerprint density at radius 2 is 1.67 bits per heavy atom. The Balaban J connectivity index is 1.50. The summed E-state index contributed by atoms with van der Waals surface area (Å²) in [4.78, 5) is 40.1. The average molecular weight is 688 g/mol. The monoisotopic (exact) mass is 687 g/mol. The summed E-state index contributed by atoms with van der Waals surface area (Å²) in [6.07, 6.45) is 7.58. The summed E-state index contributed by atoms with van der Waals surface area (Å²) in [5.74, 6) is 0.117. The molecule has 5 rings (SSSR count). The minimum atomic E-state index is -0.783. The normalized spacial score (nSPS) is 12.1. The Bertz CT molecular complexity index is 1840. The fraction of sp³-hybridized carbons (Fsp3) is 0.306. The highest BCUT2D eigenvalue weighted by molar-refractivity contribution is 7.98. The van der Waals surface area contributed by atoms with Crippen LogP contribution in [0.25, 0.3) is 11.1 Å². The summed E-state index contributed by atoms with van der Waals surface area (Å²) >= 11 is 7.41. The van der Waals surface area contributed by atoms with Crippen LogP contribution in [0, 0.1) is 5.82 Å². The van der Waals surface area contributed by atoms with Gasteiger partial charge in [0.05, 0.1) is 11.9 Å². The number of aryl methyl sites for hydroxylation is 1. The van der Waals surface area contributed by atoms with Gasteiger partial charge in [0, 0.05) is 73.6 Å². The van der Waals surface area contributed by atoms with Gasteiger partial charge in [-0.05, 0) is 60.1 Å². The molecule has 0 spiro atoms. The first-order valence-corrected chi connectivity index (χ1v) is 17.2. The third-order valence-electron chi connectivity index (χ3n) is 8.17. The first-order valence-electron chi connectivity index (χ1n) is 15.9. The van der Waals surface area contributed by atoms with Crippen LogP contribution in [0.3, 0.4) is 0 Å². The number of likely N-dealkylation sites (N-methyl/N-ethyl adjacent to an activating group) is 1. The summed E-state index contributed by atoms with van der Waals surface area (Å²) in [6, 6.07) is 17.8. The molecule has 0 saturated heterocycles. The molecule has 1 atom stereocenters. The highest BCUT2D eigenvalue weighted by Crippen LogP contribution is 2.27. The Hall–Kier alpha value is -4.16. The molecule has 9 nitrogen and oxygen atoms in total. The van der Waals surface area contributed by atoms with Crippen molar-refractivity contribution in [3.8, 4) is 11.1 Å². The van der Waals surface area contributed by atoms with Crippen molar-refractivity contribution in [1.29, 1.82) is 0 Å². The van der Waals surface area contributed by atoms with E-state index in [1.165, 1.54) is 23.9 Å². The second-order valence-corrected chi connectivity index (χ2v) is 12.8. The van der Waals surface area contributed by atoms with Gasteiger partial charge in [-0.2, -0.15) is 10.1 Å². The topological polar surface area (TPSA) is 89.1 Å². The fourth-order valence-electron chi connectivity index (χ4n) is 5.41. The minimum absolute atomic E-state index is 0.321. The van der Waals surface area contributed by atoms with Gasteiger partial charge >= 0.3 is 0 Å². The van der Waals surface area contributed by atoms with Crippen LogP contribution in [-0.4, -0.2) is 66.6 Å². The standard InChI is InChI=1S/C36H39ClFN7O2S/c1-4-43(5-2)16-17-44(23-33-15-10-29(20-39-33)28-8-11-31(37)12-9-28)34(24-46)45-22-30(18-27-19-40-42(3)21-27)35(47)41-36(45)48-25-26-6-13-32(38)14-7-26/h6-15,19-22,24,34H,4-5,16-18,23,25H2,1-3H3. The van der Waals surface area contributed by atoms with Crippen molar-refractivity contribution in [2.24, 2.45) is 7.05 Å². The summed E-state index contributed by atoms with van der Waals surface area (Å²) in [5, 5.41) is 5.31. The van der Waals surface area contributed by atoms with Gasteiger partial charge in [0.25, 0.3) is 5.56 Å². The van der Waals surface area contributed by atoms with Crippen molar-refractivity contribution in [3.63, 3.8) is 0 Å². The van der Waals surface area contributed by atoms with E-state index in [4.69, 9.17) is 16.6 Å². The number of nitrogens with zero attached hydrogens (tertiary/aromatic N) is 7. The number of hydrogen-bond donors (Lipinski definition) is 0. The molecule has 0 saturated carbocycles. The van der Waals surface area contributed by atoms with Crippen molar-refractivity contribution >= 4 is 29.6 Å². The number of carbonyl (C=O) groups is 1. The molecule has 250 valence electrons. The van der Waals surface area contributed by atoms with Gasteiger partial charge in [-0.1, -0.05) is 67.5 Å². The summed E-state index contributed by atoms with van der Waals surface area (Å²) in [7, 11) is 1.82. The molecule has 0 amide bonds. The van der Waals surface area contributed by atoms with Crippen LogP contribution in [0.1, 0.15) is 42.4 Å². The molecule has 3 heterocycles. The number of aldehydes is 1. The zero-order valence-electron chi connectivity index (χ0n) is 27.3. The Morgan fingerprint density at radius 3 is 2.29 bits per heavy atom. The number of hydrogen-bond acceptors (Lipinski definition) is 8. The number of benzene rings is 2. The van der Waals surface area contributed by atoms with E-state index in [1.807, 2.05) is 55.8 Å². The molecule has 48 heavy (non-hydrogen) atoms. The third-order valence-corrected chi connectivity index (χ3v) is 9.46. The van der Waals surface area contributed by atoms with E-state index in [9.17, 15) is 14.0 Å².